The van der Waals surface area contributed by atoms with E-state index in [1.54, 1.807) is 30.5 Å². The summed E-state index contributed by atoms with van der Waals surface area (Å²) in [5.74, 6) is 0.368. The Morgan fingerprint density at radius 1 is 1.00 bits per heavy atom. The van der Waals surface area contributed by atoms with Crippen LogP contribution in [0.1, 0.15) is 21.5 Å². The van der Waals surface area contributed by atoms with Crippen molar-refractivity contribution in [3.8, 4) is 5.75 Å². The molecule has 154 valence electrons. The van der Waals surface area contributed by atoms with E-state index >= 15 is 0 Å². The molecule has 6 heteroatoms. The molecular formula is C25H18BrClN2O2. The average molecular weight is 494 g/mol. The molecule has 4 aromatic carbocycles. The Balaban J connectivity index is 1.58. The topological polar surface area (TPSA) is 50.7 Å². The highest BCUT2D eigenvalue weighted by molar-refractivity contribution is 9.10. The molecule has 0 radical (unpaired) electrons. The van der Waals surface area contributed by atoms with E-state index in [-0.39, 0.29) is 5.91 Å². The van der Waals surface area contributed by atoms with Gasteiger partial charge in [0.1, 0.15) is 12.4 Å². The minimum atomic E-state index is -0.315. The van der Waals surface area contributed by atoms with Gasteiger partial charge < -0.3 is 4.74 Å². The van der Waals surface area contributed by atoms with Crippen molar-refractivity contribution < 1.29 is 9.53 Å². The first kappa shape index (κ1) is 21.1. The molecule has 0 unspecified atom stereocenters. The van der Waals surface area contributed by atoms with Gasteiger partial charge in [-0.3, -0.25) is 4.79 Å². The van der Waals surface area contributed by atoms with E-state index in [2.05, 4.69) is 26.5 Å². The predicted octanol–water partition coefficient (Wildman–Crippen LogP) is 6.60. The zero-order valence-electron chi connectivity index (χ0n) is 16.4. The van der Waals surface area contributed by atoms with Crippen molar-refractivity contribution in [2.24, 2.45) is 5.10 Å². The molecule has 0 aliphatic rings. The van der Waals surface area contributed by atoms with Gasteiger partial charge in [-0.15, -0.1) is 0 Å². The molecule has 1 amide bonds. The number of nitrogens with one attached hydrogen (secondary N) is 1. The van der Waals surface area contributed by atoms with Crippen LogP contribution in [0.2, 0.25) is 5.02 Å². The van der Waals surface area contributed by atoms with Crippen LogP contribution in [0.5, 0.6) is 5.75 Å². The number of hydrogen-bond donors (Lipinski definition) is 1. The fourth-order valence-corrected chi connectivity index (χ4v) is 3.72. The molecular weight excluding hydrogens is 476 g/mol. The Labute approximate surface area is 193 Å². The fourth-order valence-electron chi connectivity index (χ4n) is 3.14. The van der Waals surface area contributed by atoms with E-state index in [4.69, 9.17) is 16.3 Å². The van der Waals surface area contributed by atoms with Crippen molar-refractivity contribution in [3.05, 3.63) is 111 Å². The Bertz CT molecular complexity index is 1260. The van der Waals surface area contributed by atoms with E-state index in [1.807, 2.05) is 60.7 Å². The van der Waals surface area contributed by atoms with Crippen molar-refractivity contribution in [2.45, 2.75) is 6.61 Å². The molecule has 4 nitrogen and oxygen atoms in total. The van der Waals surface area contributed by atoms with Crippen LogP contribution in [0, 0.1) is 0 Å². The van der Waals surface area contributed by atoms with Crippen LogP contribution in [0.4, 0.5) is 0 Å². The van der Waals surface area contributed by atoms with Crippen LogP contribution in [0.25, 0.3) is 10.8 Å². The minimum absolute atomic E-state index is 0.315. The van der Waals surface area contributed by atoms with Crippen LogP contribution in [-0.4, -0.2) is 12.1 Å². The van der Waals surface area contributed by atoms with Gasteiger partial charge >= 0.3 is 0 Å². The van der Waals surface area contributed by atoms with Gasteiger partial charge in [0.15, 0.2) is 0 Å². The van der Waals surface area contributed by atoms with Gasteiger partial charge in [0.2, 0.25) is 0 Å². The first-order valence-corrected chi connectivity index (χ1v) is 10.8. The molecule has 0 saturated heterocycles. The van der Waals surface area contributed by atoms with Crippen LogP contribution in [0.3, 0.4) is 0 Å². The highest BCUT2D eigenvalue weighted by Crippen LogP contribution is 2.27. The summed E-state index contributed by atoms with van der Waals surface area (Å²) < 4.78 is 7.10. The zero-order valence-corrected chi connectivity index (χ0v) is 18.7. The monoisotopic (exact) mass is 492 g/mol. The maximum absolute atomic E-state index is 12.3. The molecule has 0 aliphatic heterocycles. The van der Waals surface area contributed by atoms with Gasteiger partial charge in [-0.1, -0.05) is 70.0 Å². The number of halogens is 2. The number of hydrogen-bond acceptors (Lipinski definition) is 3. The molecule has 4 rings (SSSR count). The Hall–Kier alpha value is -3.15. The molecule has 0 heterocycles. The van der Waals surface area contributed by atoms with Crippen LogP contribution in [-0.2, 0) is 6.61 Å². The molecule has 4 aromatic rings. The number of ether oxygens (including phenoxy) is 1. The fraction of sp³-hybridized carbons (Fsp3) is 0.0400. The maximum atomic E-state index is 12.3. The second kappa shape index (κ2) is 9.77. The van der Waals surface area contributed by atoms with E-state index in [0.29, 0.717) is 22.9 Å². The SMILES string of the molecule is O=C(NN=Cc1c(OCc2cccc(Br)c2)ccc2ccccc12)c1ccc(Cl)cc1. The molecule has 0 atom stereocenters. The maximum Gasteiger partial charge on any atom is 0.271 e. The van der Waals surface area contributed by atoms with Crippen LogP contribution >= 0.6 is 27.5 Å². The first-order chi connectivity index (χ1) is 15.1. The Morgan fingerprint density at radius 3 is 2.61 bits per heavy atom. The third kappa shape index (κ3) is 5.32. The lowest BCUT2D eigenvalue weighted by Crippen LogP contribution is -2.17. The second-order valence-electron chi connectivity index (χ2n) is 6.82. The normalized spacial score (nSPS) is 11.0. The van der Waals surface area contributed by atoms with Gasteiger partial charge in [0.25, 0.3) is 5.91 Å². The standard InChI is InChI=1S/C25H18BrClN2O2/c26-20-6-3-4-17(14-20)16-31-24-13-10-18-5-1-2-7-22(18)23(24)15-28-29-25(30)19-8-11-21(27)12-9-19/h1-15H,16H2,(H,29,30). The molecule has 31 heavy (non-hydrogen) atoms. The number of benzene rings is 4. The minimum Gasteiger partial charge on any atom is -0.488 e. The Morgan fingerprint density at radius 2 is 1.81 bits per heavy atom. The van der Waals surface area contributed by atoms with Gasteiger partial charge in [-0.2, -0.15) is 5.10 Å². The summed E-state index contributed by atoms with van der Waals surface area (Å²) in [5.41, 5.74) is 4.88. The smallest absolute Gasteiger partial charge is 0.271 e. The van der Waals surface area contributed by atoms with E-state index in [1.165, 1.54) is 0 Å². The average Bonchev–Trinajstić information content (AvgIpc) is 2.78. The van der Waals surface area contributed by atoms with Crippen molar-refractivity contribution in [2.75, 3.05) is 0 Å². The highest BCUT2D eigenvalue weighted by Gasteiger charge is 2.09. The predicted molar refractivity (Wildman–Crippen MR) is 129 cm³/mol. The number of carbonyl (C=O) groups excluding carboxylic acids is 1. The van der Waals surface area contributed by atoms with E-state index in [9.17, 15) is 4.79 Å². The number of rotatable bonds is 6. The molecule has 1 N–H and O–H groups in total. The summed E-state index contributed by atoms with van der Waals surface area (Å²) in [7, 11) is 0. The molecule has 0 bridgehead atoms. The molecule has 0 fully saturated rings. The summed E-state index contributed by atoms with van der Waals surface area (Å²) in [5, 5.41) is 6.79. The molecule has 0 aliphatic carbocycles. The van der Waals surface area contributed by atoms with Crippen molar-refractivity contribution in [3.63, 3.8) is 0 Å². The third-order valence-electron chi connectivity index (χ3n) is 4.68. The highest BCUT2D eigenvalue weighted by atomic mass is 79.9. The quantitative estimate of drug-likeness (QED) is 0.243. The largest absolute Gasteiger partial charge is 0.488 e. The summed E-state index contributed by atoms with van der Waals surface area (Å²) in [4.78, 5) is 12.3. The molecule has 0 spiro atoms. The van der Waals surface area contributed by atoms with Gasteiger partial charge in [-0.05, 0) is 58.8 Å². The summed E-state index contributed by atoms with van der Waals surface area (Å²) in [6.07, 6.45) is 1.62. The number of carbonyl (C=O) groups is 1. The lowest BCUT2D eigenvalue weighted by Gasteiger charge is -2.12. The zero-order chi connectivity index (χ0) is 21.6. The second-order valence-corrected chi connectivity index (χ2v) is 8.18. The van der Waals surface area contributed by atoms with Crippen molar-refractivity contribution in [1.82, 2.24) is 5.43 Å². The van der Waals surface area contributed by atoms with E-state index < -0.39 is 0 Å². The third-order valence-corrected chi connectivity index (χ3v) is 5.43. The van der Waals surface area contributed by atoms with Crippen LogP contribution < -0.4 is 10.2 Å². The summed E-state index contributed by atoms with van der Waals surface area (Å²) in [6, 6.07) is 26.5. The van der Waals surface area contributed by atoms with Crippen molar-refractivity contribution in [1.29, 1.82) is 0 Å². The number of hydrazone groups is 1. The lowest BCUT2D eigenvalue weighted by molar-refractivity contribution is 0.0955. The first-order valence-electron chi connectivity index (χ1n) is 9.58. The van der Waals surface area contributed by atoms with Gasteiger partial charge in [0, 0.05) is 20.6 Å². The van der Waals surface area contributed by atoms with Gasteiger partial charge in [0.05, 0.1) is 6.21 Å². The summed E-state index contributed by atoms with van der Waals surface area (Å²) >= 11 is 9.36. The lowest BCUT2D eigenvalue weighted by atomic mass is 10.0. The molecule has 0 saturated carbocycles. The van der Waals surface area contributed by atoms with E-state index in [0.717, 1.165) is 26.4 Å². The number of amides is 1. The summed E-state index contributed by atoms with van der Waals surface area (Å²) in [6.45, 7) is 0.412. The number of nitrogens with zero attached hydrogens (tertiary/aromatic N) is 1. The van der Waals surface area contributed by atoms with Crippen LogP contribution in [0.15, 0.2) is 94.5 Å². The van der Waals surface area contributed by atoms with Crippen molar-refractivity contribution >= 4 is 50.4 Å². The Kier molecular flexibility index (Phi) is 6.65. The number of fused-ring (bicyclic) bond motifs is 1. The van der Waals surface area contributed by atoms with Gasteiger partial charge in [-0.25, -0.2) is 5.43 Å². The molecule has 0 aromatic heterocycles.